The van der Waals surface area contributed by atoms with Gasteiger partial charge in [0.2, 0.25) is 0 Å². The molecule has 0 aliphatic rings. The Morgan fingerprint density at radius 1 is 1.53 bits per heavy atom. The van der Waals surface area contributed by atoms with Crippen LogP contribution in [0, 0.1) is 12.7 Å². The van der Waals surface area contributed by atoms with E-state index in [0.717, 1.165) is 0 Å². The zero-order valence-electron chi connectivity index (χ0n) is 8.79. The quantitative estimate of drug-likeness (QED) is 0.564. The number of halogens is 1. The summed E-state index contributed by atoms with van der Waals surface area (Å²) in [6, 6.07) is 5.03. The molecule has 0 bridgehead atoms. The Balaban J connectivity index is 2.81. The molecule has 0 aliphatic heterocycles. The minimum Gasteiger partial charge on any atom is -0.463 e. The highest BCUT2D eigenvalue weighted by atomic mass is 19.1. The Hall–Kier alpha value is -1.64. The van der Waals surface area contributed by atoms with Gasteiger partial charge in [-0.3, -0.25) is 0 Å². The van der Waals surface area contributed by atoms with Crippen LogP contribution in [-0.2, 0) is 9.53 Å². The van der Waals surface area contributed by atoms with E-state index in [2.05, 4.69) is 4.74 Å². The molecule has 0 aliphatic carbocycles. The van der Waals surface area contributed by atoms with Crippen LogP contribution in [0.1, 0.15) is 18.1 Å². The third-order valence-electron chi connectivity index (χ3n) is 1.91. The summed E-state index contributed by atoms with van der Waals surface area (Å²) < 4.78 is 18.1. The van der Waals surface area contributed by atoms with Crippen LogP contribution in [0.3, 0.4) is 0 Å². The lowest BCUT2D eigenvalue weighted by Crippen LogP contribution is -1.99. The third kappa shape index (κ3) is 3.20. The standard InChI is InChI=1S/C12H13FO2/c1-3-15-11(14)8-7-10-6-4-5-9(2)12(10)13/h4-8H,3H2,1-2H3. The lowest BCUT2D eigenvalue weighted by molar-refractivity contribution is -0.137. The lowest BCUT2D eigenvalue weighted by atomic mass is 10.1. The first-order chi connectivity index (χ1) is 7.15. The largest absolute Gasteiger partial charge is 0.463 e. The topological polar surface area (TPSA) is 26.3 Å². The van der Waals surface area contributed by atoms with E-state index in [1.165, 1.54) is 12.2 Å². The Morgan fingerprint density at radius 2 is 2.27 bits per heavy atom. The highest BCUT2D eigenvalue weighted by Crippen LogP contribution is 2.13. The summed E-state index contributed by atoms with van der Waals surface area (Å²) in [6.45, 7) is 3.72. The molecule has 80 valence electrons. The van der Waals surface area contributed by atoms with E-state index in [1.54, 1.807) is 32.0 Å². The van der Waals surface area contributed by atoms with Crippen molar-refractivity contribution in [3.05, 3.63) is 41.2 Å². The number of rotatable bonds is 3. The summed E-state index contributed by atoms with van der Waals surface area (Å²) in [7, 11) is 0. The van der Waals surface area contributed by atoms with Crippen LogP contribution in [-0.4, -0.2) is 12.6 Å². The summed E-state index contributed by atoms with van der Waals surface area (Å²) >= 11 is 0. The van der Waals surface area contributed by atoms with Gasteiger partial charge in [-0.1, -0.05) is 18.2 Å². The minimum atomic E-state index is -0.460. The van der Waals surface area contributed by atoms with Crippen molar-refractivity contribution >= 4 is 12.0 Å². The Labute approximate surface area is 88.4 Å². The summed E-state index contributed by atoms with van der Waals surface area (Å²) in [5, 5.41) is 0. The monoisotopic (exact) mass is 208 g/mol. The highest BCUT2D eigenvalue weighted by Gasteiger charge is 2.01. The number of hydrogen-bond donors (Lipinski definition) is 0. The second kappa shape index (κ2) is 5.29. The van der Waals surface area contributed by atoms with Gasteiger partial charge in [0.1, 0.15) is 5.82 Å². The molecule has 1 aromatic carbocycles. The van der Waals surface area contributed by atoms with Crippen molar-refractivity contribution in [3.63, 3.8) is 0 Å². The van der Waals surface area contributed by atoms with E-state index < -0.39 is 5.97 Å². The molecule has 1 rings (SSSR count). The van der Waals surface area contributed by atoms with Gasteiger partial charge in [0.05, 0.1) is 6.61 Å². The fraction of sp³-hybridized carbons (Fsp3) is 0.250. The van der Waals surface area contributed by atoms with E-state index in [4.69, 9.17) is 0 Å². The van der Waals surface area contributed by atoms with Crippen molar-refractivity contribution in [1.29, 1.82) is 0 Å². The molecule has 0 saturated heterocycles. The molecular formula is C12H13FO2. The normalized spacial score (nSPS) is 10.6. The van der Waals surface area contributed by atoms with Gasteiger partial charge in [0.25, 0.3) is 0 Å². The molecule has 0 heterocycles. The second-order valence-corrected chi connectivity index (χ2v) is 3.06. The molecule has 3 heteroatoms. The van der Waals surface area contributed by atoms with E-state index >= 15 is 0 Å². The van der Waals surface area contributed by atoms with Crippen molar-refractivity contribution < 1.29 is 13.9 Å². The van der Waals surface area contributed by atoms with Gasteiger partial charge in [0, 0.05) is 11.6 Å². The predicted octanol–water partition coefficient (Wildman–Crippen LogP) is 2.71. The minimum absolute atomic E-state index is 0.307. The van der Waals surface area contributed by atoms with Gasteiger partial charge >= 0.3 is 5.97 Å². The smallest absolute Gasteiger partial charge is 0.330 e. The maximum absolute atomic E-state index is 13.4. The highest BCUT2D eigenvalue weighted by molar-refractivity contribution is 5.87. The summed E-state index contributed by atoms with van der Waals surface area (Å²) in [5.41, 5.74) is 0.948. The van der Waals surface area contributed by atoms with Gasteiger partial charge in [-0.15, -0.1) is 0 Å². The average molecular weight is 208 g/mol. The average Bonchev–Trinajstić information content (AvgIpc) is 2.21. The van der Waals surface area contributed by atoms with Gasteiger partial charge in [0.15, 0.2) is 0 Å². The van der Waals surface area contributed by atoms with Gasteiger partial charge in [-0.25, -0.2) is 9.18 Å². The fourth-order valence-electron chi connectivity index (χ4n) is 1.15. The molecule has 0 amide bonds. The van der Waals surface area contributed by atoms with Crippen molar-refractivity contribution in [2.75, 3.05) is 6.61 Å². The third-order valence-corrected chi connectivity index (χ3v) is 1.91. The summed E-state index contributed by atoms with van der Waals surface area (Å²) in [5.74, 6) is -0.767. The van der Waals surface area contributed by atoms with Crippen molar-refractivity contribution in [2.24, 2.45) is 0 Å². The zero-order chi connectivity index (χ0) is 11.3. The lowest BCUT2D eigenvalue weighted by Gasteiger charge is -2.00. The fourth-order valence-corrected chi connectivity index (χ4v) is 1.15. The summed E-state index contributed by atoms with van der Waals surface area (Å²) in [6.07, 6.45) is 2.64. The van der Waals surface area contributed by atoms with E-state index in [1.807, 2.05) is 0 Å². The molecule has 0 radical (unpaired) electrons. The molecular weight excluding hydrogens is 195 g/mol. The molecule has 2 nitrogen and oxygen atoms in total. The molecule has 0 N–H and O–H groups in total. The SMILES string of the molecule is CCOC(=O)C=Cc1cccc(C)c1F. The first-order valence-electron chi connectivity index (χ1n) is 4.75. The number of carbonyl (C=O) groups excluding carboxylic acids is 1. The van der Waals surface area contributed by atoms with E-state index in [9.17, 15) is 9.18 Å². The van der Waals surface area contributed by atoms with Crippen LogP contribution in [0.2, 0.25) is 0 Å². The molecule has 15 heavy (non-hydrogen) atoms. The Bertz CT molecular complexity index is 383. The summed E-state index contributed by atoms with van der Waals surface area (Å²) in [4.78, 5) is 11.0. The molecule has 0 aromatic heterocycles. The predicted molar refractivity (Wildman–Crippen MR) is 56.8 cm³/mol. The number of benzene rings is 1. The van der Waals surface area contributed by atoms with E-state index in [-0.39, 0.29) is 5.82 Å². The van der Waals surface area contributed by atoms with Gasteiger partial charge < -0.3 is 4.74 Å². The maximum atomic E-state index is 13.4. The molecule has 0 saturated carbocycles. The first kappa shape index (κ1) is 11.4. The molecule has 0 fully saturated rings. The van der Waals surface area contributed by atoms with Crippen molar-refractivity contribution in [3.8, 4) is 0 Å². The number of aryl methyl sites for hydroxylation is 1. The van der Waals surface area contributed by atoms with Crippen LogP contribution >= 0.6 is 0 Å². The van der Waals surface area contributed by atoms with Crippen molar-refractivity contribution in [1.82, 2.24) is 0 Å². The van der Waals surface area contributed by atoms with Crippen LogP contribution < -0.4 is 0 Å². The first-order valence-corrected chi connectivity index (χ1v) is 4.75. The molecule has 1 aromatic rings. The molecule has 0 unspecified atom stereocenters. The van der Waals surface area contributed by atoms with Crippen LogP contribution in [0.5, 0.6) is 0 Å². The molecule has 0 atom stereocenters. The van der Waals surface area contributed by atoms with Crippen LogP contribution in [0.15, 0.2) is 24.3 Å². The van der Waals surface area contributed by atoms with Gasteiger partial charge in [-0.2, -0.15) is 0 Å². The number of hydrogen-bond acceptors (Lipinski definition) is 2. The van der Waals surface area contributed by atoms with Crippen LogP contribution in [0.25, 0.3) is 6.08 Å². The number of esters is 1. The molecule has 0 spiro atoms. The maximum Gasteiger partial charge on any atom is 0.330 e. The Morgan fingerprint density at radius 3 is 2.93 bits per heavy atom. The number of carbonyl (C=O) groups is 1. The van der Waals surface area contributed by atoms with E-state index in [0.29, 0.717) is 17.7 Å². The Kier molecular flexibility index (Phi) is 4.03. The van der Waals surface area contributed by atoms with Crippen molar-refractivity contribution in [2.45, 2.75) is 13.8 Å². The number of ether oxygens (including phenoxy) is 1. The van der Waals surface area contributed by atoms with Crippen LogP contribution in [0.4, 0.5) is 4.39 Å². The second-order valence-electron chi connectivity index (χ2n) is 3.06. The zero-order valence-corrected chi connectivity index (χ0v) is 8.79. The van der Waals surface area contributed by atoms with Gasteiger partial charge in [-0.05, 0) is 25.5 Å².